The van der Waals surface area contributed by atoms with Gasteiger partial charge in [0.2, 0.25) is 0 Å². The van der Waals surface area contributed by atoms with Gasteiger partial charge in [-0.05, 0) is 62.3 Å². The average Bonchev–Trinajstić information content (AvgIpc) is 2.80. The van der Waals surface area contributed by atoms with E-state index in [1.165, 1.54) is 0 Å². The molecule has 0 saturated heterocycles. The molecule has 0 aromatic carbocycles. The van der Waals surface area contributed by atoms with Gasteiger partial charge in [0.25, 0.3) is 0 Å². The molecule has 0 bridgehead atoms. The second-order valence-corrected chi connectivity index (χ2v) is 13.6. The normalized spacial score (nSPS) is 17.1. The summed E-state index contributed by atoms with van der Waals surface area (Å²) in [6, 6.07) is 0. The highest BCUT2D eigenvalue weighted by atomic mass is 16.6. The molecule has 1 aliphatic heterocycles. The van der Waals surface area contributed by atoms with E-state index >= 15 is 0 Å². The molecule has 44 heavy (non-hydrogen) atoms. The predicted octanol–water partition coefficient (Wildman–Crippen LogP) is 1.33. The van der Waals surface area contributed by atoms with Crippen LogP contribution in [0, 0.1) is 0 Å². The van der Waals surface area contributed by atoms with Crippen LogP contribution in [-0.4, -0.2) is 143 Å². The molecule has 1 N–H and O–H groups in total. The minimum absolute atomic E-state index is 0.00306. The molecular weight excluding hydrogens is 576 g/mol. The summed E-state index contributed by atoms with van der Waals surface area (Å²) in [5, 5.41) is 8.87. The molecule has 0 fully saturated rings. The molecule has 0 saturated carbocycles. The maximum absolute atomic E-state index is 12.7. The van der Waals surface area contributed by atoms with Crippen LogP contribution in [0.2, 0.25) is 0 Å². The highest BCUT2D eigenvalue weighted by Crippen LogP contribution is 2.11. The van der Waals surface area contributed by atoms with Gasteiger partial charge >= 0.3 is 29.8 Å². The fraction of sp³-hybridized carbons (Fsp3) is 0.767. The molecule has 0 radical (unpaired) electrons. The van der Waals surface area contributed by atoms with Crippen LogP contribution in [0.5, 0.6) is 0 Å². The molecule has 0 unspecified atom stereocenters. The molecule has 252 valence electrons. The first kappa shape index (κ1) is 38.6. The number of carboxylic acid groups (broad SMARTS) is 1. The maximum atomic E-state index is 12.7. The molecule has 0 amide bonds. The van der Waals surface area contributed by atoms with Gasteiger partial charge in [-0.25, -0.2) is 4.79 Å². The molecule has 0 atom stereocenters. The third-order valence-corrected chi connectivity index (χ3v) is 5.61. The largest absolute Gasteiger partial charge is 0.479 e. The maximum Gasteiger partial charge on any atom is 0.341 e. The zero-order valence-corrected chi connectivity index (χ0v) is 27.8. The Morgan fingerprint density at radius 1 is 0.545 bits per heavy atom. The molecule has 0 aromatic rings. The van der Waals surface area contributed by atoms with E-state index in [2.05, 4.69) is 0 Å². The highest BCUT2D eigenvalue weighted by Gasteiger charge is 2.24. The van der Waals surface area contributed by atoms with Crippen LogP contribution in [0.25, 0.3) is 0 Å². The Kier molecular flexibility index (Phi) is 15.1. The molecule has 0 spiro atoms. The molecule has 14 nitrogen and oxygen atoms in total. The van der Waals surface area contributed by atoms with E-state index in [1.54, 1.807) is 84.5 Å². The number of rotatable bonds is 10. The Morgan fingerprint density at radius 2 is 0.864 bits per heavy atom. The Balaban J connectivity index is 3.29. The third kappa shape index (κ3) is 19.7. The summed E-state index contributed by atoms with van der Waals surface area (Å²) in [4.78, 5) is 68.5. The van der Waals surface area contributed by atoms with Crippen LogP contribution in [0.1, 0.15) is 62.3 Å². The van der Waals surface area contributed by atoms with E-state index in [1.807, 2.05) is 9.80 Å². The van der Waals surface area contributed by atoms with Crippen molar-refractivity contribution in [3.8, 4) is 0 Å². The SMILES string of the molecule is CC(C)(C)OC(=O)CN1/C=C\N(CC(=O)OCC(=O)O)CCN(CC(=O)OC(C)(C)C)CCN(CC(=O)OC(C)(C)C)CC1. The summed E-state index contributed by atoms with van der Waals surface area (Å²) in [5.74, 6) is -3.29. The average molecular weight is 629 g/mol. The number of ether oxygens (including phenoxy) is 4. The summed E-state index contributed by atoms with van der Waals surface area (Å²) >= 11 is 0. The number of aliphatic carboxylic acids is 1. The van der Waals surface area contributed by atoms with E-state index in [9.17, 15) is 24.0 Å². The van der Waals surface area contributed by atoms with Gasteiger partial charge in [-0.3, -0.25) is 29.0 Å². The van der Waals surface area contributed by atoms with E-state index in [0.29, 0.717) is 32.7 Å². The van der Waals surface area contributed by atoms with E-state index in [-0.39, 0.29) is 32.7 Å². The van der Waals surface area contributed by atoms with Gasteiger partial charge in [-0.15, -0.1) is 0 Å². The summed E-state index contributed by atoms with van der Waals surface area (Å²) < 4.78 is 21.4. The first-order chi connectivity index (χ1) is 20.1. The lowest BCUT2D eigenvalue weighted by Gasteiger charge is -2.33. The molecule has 14 heteroatoms. The first-order valence-electron chi connectivity index (χ1n) is 14.7. The van der Waals surface area contributed by atoms with E-state index in [0.717, 1.165) is 0 Å². The van der Waals surface area contributed by atoms with Crippen LogP contribution in [-0.2, 0) is 42.9 Å². The summed E-state index contributed by atoms with van der Waals surface area (Å²) in [6.45, 7) is 16.9. The van der Waals surface area contributed by atoms with Crippen LogP contribution >= 0.6 is 0 Å². The number of esters is 4. The Bertz CT molecular complexity index is 1010. The summed E-state index contributed by atoms with van der Waals surface area (Å²) in [5.41, 5.74) is -2.02. The summed E-state index contributed by atoms with van der Waals surface area (Å²) in [6.07, 6.45) is 3.25. The number of carboxylic acids is 1. The van der Waals surface area contributed by atoms with Crippen LogP contribution < -0.4 is 0 Å². The molecular formula is C30H52N4O10. The van der Waals surface area contributed by atoms with Crippen molar-refractivity contribution in [2.45, 2.75) is 79.1 Å². The Labute approximate surface area is 261 Å². The second kappa shape index (κ2) is 17.2. The van der Waals surface area contributed by atoms with Gasteiger partial charge in [0.15, 0.2) is 6.61 Å². The lowest BCUT2D eigenvalue weighted by molar-refractivity contribution is -0.158. The number of nitrogens with zero attached hydrogens (tertiary/aromatic N) is 4. The van der Waals surface area contributed by atoms with Crippen molar-refractivity contribution in [3.63, 3.8) is 0 Å². The summed E-state index contributed by atoms with van der Waals surface area (Å²) in [7, 11) is 0. The molecule has 1 aliphatic rings. The molecule has 1 heterocycles. The van der Waals surface area contributed by atoms with Gasteiger partial charge in [0.05, 0.1) is 13.1 Å². The van der Waals surface area contributed by atoms with Gasteiger partial charge in [0.1, 0.15) is 29.9 Å². The third-order valence-electron chi connectivity index (χ3n) is 5.61. The minimum Gasteiger partial charge on any atom is -0.479 e. The minimum atomic E-state index is -1.27. The zero-order valence-electron chi connectivity index (χ0n) is 27.8. The van der Waals surface area contributed by atoms with Gasteiger partial charge in [0, 0.05) is 51.7 Å². The van der Waals surface area contributed by atoms with Crippen molar-refractivity contribution in [2.75, 3.05) is 72.1 Å². The van der Waals surface area contributed by atoms with Gasteiger partial charge in [-0.1, -0.05) is 0 Å². The lowest BCUT2D eigenvalue weighted by Crippen LogP contribution is -2.47. The predicted molar refractivity (Wildman–Crippen MR) is 161 cm³/mol. The first-order valence-corrected chi connectivity index (χ1v) is 14.7. The smallest absolute Gasteiger partial charge is 0.341 e. The second-order valence-electron chi connectivity index (χ2n) is 13.6. The van der Waals surface area contributed by atoms with Crippen molar-refractivity contribution in [1.29, 1.82) is 0 Å². The van der Waals surface area contributed by atoms with Crippen molar-refractivity contribution >= 4 is 29.8 Å². The number of hydrogen-bond donors (Lipinski definition) is 1. The van der Waals surface area contributed by atoms with E-state index in [4.69, 9.17) is 24.1 Å². The van der Waals surface area contributed by atoms with Crippen molar-refractivity contribution in [2.24, 2.45) is 0 Å². The van der Waals surface area contributed by atoms with Crippen LogP contribution in [0.3, 0.4) is 0 Å². The topological polar surface area (TPSA) is 155 Å². The number of hydrogen-bond acceptors (Lipinski definition) is 13. The number of carbonyl (C=O) groups excluding carboxylic acids is 4. The lowest BCUT2D eigenvalue weighted by atomic mass is 10.2. The van der Waals surface area contributed by atoms with Crippen LogP contribution in [0.15, 0.2) is 12.4 Å². The molecule has 0 aliphatic carbocycles. The highest BCUT2D eigenvalue weighted by molar-refractivity contribution is 5.76. The van der Waals surface area contributed by atoms with Gasteiger partial charge in [-0.2, -0.15) is 0 Å². The van der Waals surface area contributed by atoms with Crippen molar-refractivity contribution in [1.82, 2.24) is 19.6 Å². The fourth-order valence-electron chi connectivity index (χ4n) is 3.97. The van der Waals surface area contributed by atoms with Crippen LogP contribution in [0.4, 0.5) is 0 Å². The zero-order chi connectivity index (χ0) is 33.7. The standard InChI is InChI=1S/C30H52N4O10/c1-28(2,3)42-25(38)19-32-12-10-31(18-24(37)41-22-23(35)36)11-13-33(20-26(39)43-29(4,5)6)15-17-34(16-14-32)21-27(40)44-30(7,8)9/h10,12H,11,13-22H2,1-9H3,(H,35,36)/b12-10-. The van der Waals surface area contributed by atoms with Gasteiger partial charge < -0.3 is 33.9 Å². The Hall–Kier alpha value is -3.39. The molecule has 0 aromatic heterocycles. The Morgan fingerprint density at radius 3 is 1.20 bits per heavy atom. The molecule has 1 rings (SSSR count). The van der Waals surface area contributed by atoms with Crippen molar-refractivity contribution in [3.05, 3.63) is 12.4 Å². The van der Waals surface area contributed by atoms with E-state index < -0.39 is 53.3 Å². The van der Waals surface area contributed by atoms with Crippen molar-refractivity contribution < 1.29 is 48.0 Å². The fourth-order valence-corrected chi connectivity index (χ4v) is 3.97. The number of carbonyl (C=O) groups is 5. The monoisotopic (exact) mass is 628 g/mol. The quantitative estimate of drug-likeness (QED) is 0.273.